The summed E-state index contributed by atoms with van der Waals surface area (Å²) in [7, 11) is 0. The first-order valence-electron chi connectivity index (χ1n) is 5.78. The highest BCUT2D eigenvalue weighted by Gasteiger charge is 2.00. The highest BCUT2D eigenvalue weighted by Crippen LogP contribution is 2.20. The zero-order valence-corrected chi connectivity index (χ0v) is 10.1. The van der Waals surface area contributed by atoms with Gasteiger partial charge in [-0.05, 0) is 22.8 Å². The number of carboxylic acid groups (broad SMARTS) is 1. The highest BCUT2D eigenvalue weighted by molar-refractivity contribution is 5.77. The van der Waals surface area contributed by atoms with Crippen LogP contribution in [0.4, 0.5) is 4.79 Å². The van der Waals surface area contributed by atoms with Crippen molar-refractivity contribution in [3.05, 3.63) is 59.7 Å². The van der Waals surface area contributed by atoms with Crippen LogP contribution >= 0.6 is 0 Å². The van der Waals surface area contributed by atoms with Gasteiger partial charge in [-0.1, -0.05) is 42.5 Å². The van der Waals surface area contributed by atoms with Crippen molar-refractivity contribution in [1.82, 2.24) is 5.32 Å². The van der Waals surface area contributed by atoms with E-state index < -0.39 is 6.09 Å². The Morgan fingerprint density at radius 3 is 2.47 bits per heavy atom. The minimum Gasteiger partial charge on any atom is -0.530 e. The van der Waals surface area contributed by atoms with Crippen LogP contribution in [0.15, 0.2) is 48.5 Å². The van der Waals surface area contributed by atoms with Gasteiger partial charge in [-0.15, -0.1) is 0 Å². The molecule has 4 nitrogen and oxygen atoms in total. The van der Waals surface area contributed by atoms with Crippen molar-refractivity contribution in [3.63, 3.8) is 0 Å². The Kier molecular flexibility index (Phi) is 3.93. The standard InChI is InChI=1S/C15H13NO3/c17-10-11-4-6-13(7-5-11)14-3-1-2-12(8-14)9-16-15(18)19/h1-8,10,16H,9H2,(H,18,19)/p-1. The van der Waals surface area contributed by atoms with Crippen molar-refractivity contribution in [1.29, 1.82) is 0 Å². The van der Waals surface area contributed by atoms with Crippen LogP contribution in [0.2, 0.25) is 0 Å². The number of hydrogen-bond acceptors (Lipinski definition) is 3. The van der Waals surface area contributed by atoms with Crippen LogP contribution in [0, 0.1) is 0 Å². The molecular formula is C15H12NO3-. The van der Waals surface area contributed by atoms with Gasteiger partial charge in [-0.2, -0.15) is 0 Å². The molecule has 4 heteroatoms. The summed E-state index contributed by atoms with van der Waals surface area (Å²) in [6.07, 6.45) is -0.495. The van der Waals surface area contributed by atoms with Crippen molar-refractivity contribution in [2.24, 2.45) is 0 Å². The van der Waals surface area contributed by atoms with E-state index in [0.29, 0.717) is 5.56 Å². The fourth-order valence-corrected chi connectivity index (χ4v) is 1.79. The van der Waals surface area contributed by atoms with Crippen molar-refractivity contribution in [3.8, 4) is 11.1 Å². The van der Waals surface area contributed by atoms with Gasteiger partial charge in [0.05, 0.1) is 0 Å². The molecular weight excluding hydrogens is 242 g/mol. The molecule has 0 radical (unpaired) electrons. The van der Waals surface area contributed by atoms with Crippen LogP contribution in [0.1, 0.15) is 15.9 Å². The molecule has 2 aromatic rings. The molecule has 0 atom stereocenters. The molecule has 0 aliphatic heterocycles. The monoisotopic (exact) mass is 254 g/mol. The second-order valence-corrected chi connectivity index (χ2v) is 4.08. The molecule has 2 rings (SSSR count). The maximum atomic E-state index is 10.6. The number of amides is 1. The Hall–Kier alpha value is -2.62. The summed E-state index contributed by atoms with van der Waals surface area (Å²) in [5.41, 5.74) is 3.41. The molecule has 0 aromatic heterocycles. The second-order valence-electron chi connectivity index (χ2n) is 4.08. The maximum absolute atomic E-state index is 10.6. The molecule has 19 heavy (non-hydrogen) atoms. The molecule has 0 aliphatic carbocycles. The van der Waals surface area contributed by atoms with Gasteiger partial charge in [0.15, 0.2) is 0 Å². The summed E-state index contributed by atoms with van der Waals surface area (Å²) in [4.78, 5) is 20.9. The Bertz CT molecular complexity index is 591. The normalized spacial score (nSPS) is 9.89. The van der Waals surface area contributed by atoms with Gasteiger partial charge < -0.3 is 15.2 Å². The SMILES string of the molecule is O=Cc1ccc(-c2cccc(CNC(=O)[O-])c2)cc1. The van der Waals surface area contributed by atoms with Gasteiger partial charge in [0.25, 0.3) is 0 Å². The summed E-state index contributed by atoms with van der Waals surface area (Å²) in [5.74, 6) is 0. The van der Waals surface area contributed by atoms with Crippen LogP contribution in [-0.2, 0) is 6.54 Å². The zero-order chi connectivity index (χ0) is 13.7. The summed E-state index contributed by atoms with van der Waals surface area (Å²) < 4.78 is 0. The van der Waals surface area contributed by atoms with Gasteiger partial charge in [-0.25, -0.2) is 0 Å². The van der Waals surface area contributed by atoms with Gasteiger partial charge in [-0.3, -0.25) is 4.79 Å². The number of carbonyl (C=O) groups excluding carboxylic acids is 2. The van der Waals surface area contributed by atoms with Crippen molar-refractivity contribution in [2.45, 2.75) is 6.54 Å². The highest BCUT2D eigenvalue weighted by atomic mass is 16.4. The number of rotatable bonds is 4. The molecule has 0 spiro atoms. The van der Waals surface area contributed by atoms with Crippen molar-refractivity contribution in [2.75, 3.05) is 0 Å². The van der Waals surface area contributed by atoms with Crippen LogP contribution < -0.4 is 10.4 Å². The predicted molar refractivity (Wildman–Crippen MR) is 69.5 cm³/mol. The molecule has 1 N–H and O–H groups in total. The van der Waals surface area contributed by atoms with Gasteiger partial charge in [0.1, 0.15) is 12.4 Å². The van der Waals surface area contributed by atoms with E-state index in [1.807, 2.05) is 36.4 Å². The second kappa shape index (κ2) is 5.82. The molecule has 0 unspecified atom stereocenters. The summed E-state index contributed by atoms with van der Waals surface area (Å²) >= 11 is 0. The summed E-state index contributed by atoms with van der Waals surface area (Å²) in [5, 5.41) is 12.6. The van der Waals surface area contributed by atoms with E-state index in [4.69, 9.17) is 0 Å². The van der Waals surface area contributed by atoms with E-state index in [0.717, 1.165) is 23.0 Å². The Morgan fingerprint density at radius 2 is 1.84 bits per heavy atom. The molecule has 1 amide bonds. The van der Waals surface area contributed by atoms with Gasteiger partial charge in [0, 0.05) is 12.1 Å². The predicted octanol–water partition coefficient (Wildman–Crippen LogP) is 1.60. The van der Waals surface area contributed by atoms with Gasteiger partial charge in [0.2, 0.25) is 0 Å². The average molecular weight is 254 g/mol. The third-order valence-corrected chi connectivity index (χ3v) is 2.74. The van der Waals surface area contributed by atoms with Crippen LogP contribution in [0.25, 0.3) is 11.1 Å². The first-order chi connectivity index (χ1) is 9.19. The Morgan fingerprint density at radius 1 is 1.11 bits per heavy atom. The molecule has 0 fully saturated rings. The van der Waals surface area contributed by atoms with E-state index >= 15 is 0 Å². The first-order valence-corrected chi connectivity index (χ1v) is 5.78. The summed E-state index contributed by atoms with van der Waals surface area (Å²) in [6, 6.07) is 14.7. The fraction of sp³-hybridized carbons (Fsp3) is 0.0667. The molecule has 96 valence electrons. The van der Waals surface area contributed by atoms with Crippen LogP contribution in [0.5, 0.6) is 0 Å². The van der Waals surface area contributed by atoms with Crippen LogP contribution in [0.3, 0.4) is 0 Å². The number of hydrogen-bond donors (Lipinski definition) is 1. The number of aldehydes is 1. The van der Waals surface area contributed by atoms with E-state index in [-0.39, 0.29) is 6.54 Å². The third-order valence-electron chi connectivity index (χ3n) is 2.74. The largest absolute Gasteiger partial charge is 0.530 e. The van der Waals surface area contributed by atoms with E-state index in [9.17, 15) is 14.7 Å². The molecule has 0 saturated heterocycles. The quantitative estimate of drug-likeness (QED) is 0.842. The van der Waals surface area contributed by atoms with E-state index in [1.54, 1.807) is 12.1 Å². The first kappa shape index (κ1) is 12.8. The summed E-state index contributed by atoms with van der Waals surface area (Å²) in [6.45, 7) is 0.211. The zero-order valence-electron chi connectivity index (χ0n) is 10.1. The molecule has 0 aliphatic rings. The fourth-order valence-electron chi connectivity index (χ4n) is 1.79. The maximum Gasteiger partial charge on any atom is 0.150 e. The topological polar surface area (TPSA) is 69.2 Å². The van der Waals surface area contributed by atoms with Crippen molar-refractivity contribution >= 4 is 12.4 Å². The van der Waals surface area contributed by atoms with Gasteiger partial charge >= 0.3 is 0 Å². The third kappa shape index (κ3) is 3.42. The molecule has 0 saturated carbocycles. The van der Waals surface area contributed by atoms with Crippen molar-refractivity contribution < 1.29 is 14.7 Å². The van der Waals surface area contributed by atoms with E-state index in [2.05, 4.69) is 5.32 Å². The molecule has 2 aromatic carbocycles. The minimum absolute atomic E-state index is 0.211. The Balaban J connectivity index is 2.21. The lowest BCUT2D eigenvalue weighted by molar-refractivity contribution is -0.251. The number of benzene rings is 2. The lowest BCUT2D eigenvalue weighted by Gasteiger charge is -2.08. The average Bonchev–Trinajstić information content (AvgIpc) is 2.45. The number of carbonyl (C=O) groups is 2. The van der Waals surface area contributed by atoms with Crippen LogP contribution in [-0.4, -0.2) is 12.4 Å². The number of nitrogens with one attached hydrogen (secondary N) is 1. The molecule has 0 heterocycles. The van der Waals surface area contributed by atoms with E-state index in [1.165, 1.54) is 0 Å². The lowest BCUT2D eigenvalue weighted by Crippen LogP contribution is -2.35. The Labute approximate surface area is 110 Å². The lowest BCUT2D eigenvalue weighted by atomic mass is 10.0. The molecule has 0 bridgehead atoms. The smallest absolute Gasteiger partial charge is 0.150 e. The minimum atomic E-state index is -1.29.